The molecule has 0 aromatic heterocycles. The van der Waals surface area contributed by atoms with Gasteiger partial charge in [-0.05, 0) is 13.8 Å². The van der Waals surface area contributed by atoms with Crippen LogP contribution in [0, 0.1) is 0 Å². The quantitative estimate of drug-likeness (QED) is 0.612. The van der Waals surface area contributed by atoms with Gasteiger partial charge in [0.25, 0.3) is 0 Å². The lowest BCUT2D eigenvalue weighted by atomic mass is 10.0. The molecule has 1 atom stereocenters. The Morgan fingerprint density at radius 3 is 2.67 bits per heavy atom. The van der Waals surface area contributed by atoms with Crippen LogP contribution in [0.3, 0.4) is 0 Å². The van der Waals surface area contributed by atoms with Crippen LogP contribution >= 0.6 is 0 Å². The monoisotopic (exact) mass is 213 g/mol. The molecule has 0 saturated carbocycles. The fourth-order valence-electron chi connectivity index (χ4n) is 1.88. The SMILES string of the molecule is CNC1=C(N)CN(C(C)C)[C@H](C(=O)O)C1. The molecular formula is C10H19N3O2. The number of nitrogens with two attached hydrogens (primary N) is 1. The lowest BCUT2D eigenvalue weighted by Crippen LogP contribution is -2.51. The summed E-state index contributed by atoms with van der Waals surface area (Å²) < 4.78 is 0. The van der Waals surface area contributed by atoms with Gasteiger partial charge in [-0.2, -0.15) is 0 Å². The van der Waals surface area contributed by atoms with Crippen LogP contribution in [-0.4, -0.2) is 41.7 Å². The fourth-order valence-corrected chi connectivity index (χ4v) is 1.88. The Bertz CT molecular complexity index is 286. The van der Waals surface area contributed by atoms with Crippen molar-refractivity contribution < 1.29 is 9.90 Å². The van der Waals surface area contributed by atoms with E-state index in [4.69, 9.17) is 10.8 Å². The number of nitrogens with one attached hydrogen (secondary N) is 1. The highest BCUT2D eigenvalue weighted by Gasteiger charge is 2.33. The van der Waals surface area contributed by atoms with Gasteiger partial charge >= 0.3 is 5.97 Å². The van der Waals surface area contributed by atoms with Gasteiger partial charge in [0.1, 0.15) is 6.04 Å². The Labute approximate surface area is 89.9 Å². The van der Waals surface area contributed by atoms with Gasteiger partial charge in [-0.1, -0.05) is 0 Å². The van der Waals surface area contributed by atoms with Gasteiger partial charge in [0.05, 0.1) is 0 Å². The molecule has 0 amide bonds. The number of hydrogen-bond donors (Lipinski definition) is 3. The van der Waals surface area contributed by atoms with E-state index < -0.39 is 12.0 Å². The van der Waals surface area contributed by atoms with E-state index in [9.17, 15) is 4.79 Å². The van der Waals surface area contributed by atoms with E-state index in [1.54, 1.807) is 7.05 Å². The first-order chi connectivity index (χ1) is 6.97. The lowest BCUT2D eigenvalue weighted by molar-refractivity contribution is -0.144. The minimum Gasteiger partial charge on any atom is -0.480 e. The lowest BCUT2D eigenvalue weighted by Gasteiger charge is -2.37. The van der Waals surface area contributed by atoms with Crippen LogP contribution in [0.1, 0.15) is 20.3 Å². The van der Waals surface area contributed by atoms with Gasteiger partial charge in [-0.15, -0.1) is 0 Å². The smallest absolute Gasteiger partial charge is 0.321 e. The van der Waals surface area contributed by atoms with E-state index >= 15 is 0 Å². The predicted molar refractivity (Wildman–Crippen MR) is 58.2 cm³/mol. The number of carboxylic acid groups (broad SMARTS) is 1. The summed E-state index contributed by atoms with van der Waals surface area (Å²) in [5.74, 6) is -0.788. The number of aliphatic carboxylic acids is 1. The molecule has 1 aliphatic heterocycles. The highest BCUT2D eigenvalue weighted by Crippen LogP contribution is 2.21. The number of nitrogens with zero attached hydrogens (tertiary/aromatic N) is 1. The molecule has 86 valence electrons. The summed E-state index contributed by atoms with van der Waals surface area (Å²) in [5, 5.41) is 12.1. The van der Waals surface area contributed by atoms with Crippen molar-refractivity contribution in [3.63, 3.8) is 0 Å². The fraction of sp³-hybridized carbons (Fsp3) is 0.700. The maximum Gasteiger partial charge on any atom is 0.321 e. The highest BCUT2D eigenvalue weighted by atomic mass is 16.4. The molecule has 1 aliphatic rings. The molecule has 15 heavy (non-hydrogen) atoms. The van der Waals surface area contributed by atoms with E-state index in [-0.39, 0.29) is 6.04 Å². The number of carboxylic acids is 1. The Hall–Kier alpha value is -1.23. The molecule has 0 aromatic rings. The van der Waals surface area contributed by atoms with Crippen LogP contribution in [0.25, 0.3) is 0 Å². The van der Waals surface area contributed by atoms with Gasteiger partial charge in [0, 0.05) is 37.4 Å². The minimum absolute atomic E-state index is 0.183. The molecule has 1 heterocycles. The van der Waals surface area contributed by atoms with Crippen LogP contribution in [0.15, 0.2) is 11.4 Å². The second kappa shape index (κ2) is 4.53. The van der Waals surface area contributed by atoms with Crippen LogP contribution < -0.4 is 11.1 Å². The number of hydrogen-bond acceptors (Lipinski definition) is 4. The Kier molecular flexibility index (Phi) is 3.57. The van der Waals surface area contributed by atoms with E-state index in [0.29, 0.717) is 13.0 Å². The third kappa shape index (κ3) is 2.41. The molecule has 0 aromatic carbocycles. The second-order valence-electron chi connectivity index (χ2n) is 4.08. The van der Waals surface area contributed by atoms with Crippen molar-refractivity contribution in [1.82, 2.24) is 10.2 Å². The van der Waals surface area contributed by atoms with Crippen LogP contribution in [0.2, 0.25) is 0 Å². The molecule has 0 radical (unpaired) electrons. The summed E-state index contributed by atoms with van der Waals surface area (Å²) in [6.07, 6.45) is 0.454. The first kappa shape index (κ1) is 11.8. The first-order valence-electron chi connectivity index (χ1n) is 5.11. The third-order valence-electron chi connectivity index (χ3n) is 2.79. The van der Waals surface area contributed by atoms with E-state index in [2.05, 4.69) is 5.32 Å². The normalized spacial score (nSPS) is 23.3. The van der Waals surface area contributed by atoms with Crippen molar-refractivity contribution in [3.8, 4) is 0 Å². The van der Waals surface area contributed by atoms with Crippen molar-refractivity contribution in [2.45, 2.75) is 32.4 Å². The van der Waals surface area contributed by atoms with E-state index in [1.807, 2.05) is 18.7 Å². The molecule has 0 bridgehead atoms. The Morgan fingerprint density at radius 2 is 2.27 bits per heavy atom. The van der Waals surface area contributed by atoms with E-state index in [0.717, 1.165) is 11.4 Å². The minimum atomic E-state index is -0.788. The van der Waals surface area contributed by atoms with Gasteiger partial charge in [-0.25, -0.2) is 0 Å². The Morgan fingerprint density at radius 1 is 1.67 bits per heavy atom. The van der Waals surface area contributed by atoms with Gasteiger partial charge in [0.15, 0.2) is 0 Å². The molecule has 0 saturated heterocycles. The molecule has 0 fully saturated rings. The van der Waals surface area contributed by atoms with Crippen LogP contribution in [-0.2, 0) is 4.79 Å². The summed E-state index contributed by atoms with van der Waals surface area (Å²) in [5.41, 5.74) is 7.45. The predicted octanol–water partition coefficient (Wildman–Crippen LogP) is -0.0566. The zero-order valence-electron chi connectivity index (χ0n) is 9.45. The summed E-state index contributed by atoms with van der Waals surface area (Å²) in [6, 6.07) is -0.289. The van der Waals surface area contributed by atoms with Gasteiger partial charge in [0.2, 0.25) is 0 Å². The van der Waals surface area contributed by atoms with Crippen molar-refractivity contribution in [2.24, 2.45) is 5.73 Å². The van der Waals surface area contributed by atoms with Crippen molar-refractivity contribution in [1.29, 1.82) is 0 Å². The van der Waals surface area contributed by atoms with Gasteiger partial charge in [-0.3, -0.25) is 9.69 Å². The second-order valence-corrected chi connectivity index (χ2v) is 4.08. The van der Waals surface area contributed by atoms with Crippen molar-refractivity contribution in [3.05, 3.63) is 11.4 Å². The van der Waals surface area contributed by atoms with E-state index in [1.165, 1.54) is 0 Å². The molecule has 1 rings (SSSR count). The summed E-state index contributed by atoms with van der Waals surface area (Å²) in [6.45, 7) is 4.48. The molecular weight excluding hydrogens is 194 g/mol. The van der Waals surface area contributed by atoms with Crippen molar-refractivity contribution in [2.75, 3.05) is 13.6 Å². The third-order valence-corrected chi connectivity index (χ3v) is 2.79. The van der Waals surface area contributed by atoms with Crippen LogP contribution in [0.4, 0.5) is 0 Å². The molecule has 0 spiro atoms. The average molecular weight is 213 g/mol. The maximum absolute atomic E-state index is 11.1. The first-order valence-corrected chi connectivity index (χ1v) is 5.11. The zero-order valence-corrected chi connectivity index (χ0v) is 9.45. The zero-order chi connectivity index (χ0) is 11.6. The molecule has 0 aliphatic carbocycles. The highest BCUT2D eigenvalue weighted by molar-refractivity contribution is 5.74. The summed E-state index contributed by atoms with van der Waals surface area (Å²) in [7, 11) is 1.77. The number of carbonyl (C=O) groups is 1. The molecule has 4 N–H and O–H groups in total. The van der Waals surface area contributed by atoms with Crippen molar-refractivity contribution >= 4 is 5.97 Å². The van der Waals surface area contributed by atoms with Gasteiger partial charge < -0.3 is 16.2 Å². The molecule has 5 nitrogen and oxygen atoms in total. The largest absolute Gasteiger partial charge is 0.480 e. The summed E-state index contributed by atoms with van der Waals surface area (Å²) in [4.78, 5) is 13.0. The average Bonchev–Trinajstić information content (AvgIpc) is 2.16. The summed E-state index contributed by atoms with van der Waals surface area (Å²) >= 11 is 0. The topological polar surface area (TPSA) is 78.6 Å². The maximum atomic E-state index is 11.1. The molecule has 5 heteroatoms. The standard InChI is InChI=1S/C10H19N3O2/c1-6(2)13-5-7(11)8(12-3)4-9(13)10(14)15/h6,9,12H,4-5,11H2,1-3H3,(H,14,15)/t9-/m0/s1. The number of rotatable bonds is 3. The van der Waals surface area contributed by atoms with Crippen LogP contribution in [0.5, 0.6) is 0 Å². The Balaban J connectivity index is 2.92. The molecule has 0 unspecified atom stereocenters.